The number of nitrogens with one attached hydrogen (secondary N) is 1. The van der Waals surface area contributed by atoms with E-state index in [0.717, 1.165) is 37.1 Å². The third-order valence-electron chi connectivity index (χ3n) is 7.91. The number of amides is 2. The van der Waals surface area contributed by atoms with Crippen LogP contribution in [0.5, 0.6) is 5.75 Å². The van der Waals surface area contributed by atoms with Crippen molar-refractivity contribution in [3.05, 3.63) is 77.1 Å². The number of hydrogen-bond donors (Lipinski definition) is 3. The number of benzene rings is 2. The number of carbonyl (C=O) groups excluding carboxylic acids is 2. The molecular formula is C29H24F5N5O4. The second-order valence-electron chi connectivity index (χ2n) is 11.0. The zero-order valence-electron chi connectivity index (χ0n) is 22.5. The van der Waals surface area contributed by atoms with Gasteiger partial charge in [0.05, 0.1) is 29.2 Å². The molecule has 1 aliphatic carbocycles. The van der Waals surface area contributed by atoms with Crippen LogP contribution in [0.2, 0.25) is 0 Å². The molecule has 0 radical (unpaired) electrons. The highest BCUT2D eigenvalue weighted by molar-refractivity contribution is 5.98. The zero-order chi connectivity index (χ0) is 30.9. The lowest BCUT2D eigenvalue weighted by Gasteiger charge is -2.31. The molecule has 3 heterocycles. The molecule has 1 aliphatic heterocycles. The SMILES string of the molecule is C[C@]1(C(N)=O)COc2c1cc(C(O)(CNC(=O)c1cc(F)c3cn(C4CC4)nc3c1)C(F)(F)F)nc2-c1ccc(F)cc1. The van der Waals surface area contributed by atoms with Crippen molar-refractivity contribution in [3.63, 3.8) is 0 Å². The fourth-order valence-electron chi connectivity index (χ4n) is 5.01. The number of fused-ring (bicyclic) bond motifs is 2. The van der Waals surface area contributed by atoms with Crippen LogP contribution in [0.15, 0.2) is 48.7 Å². The maximum Gasteiger partial charge on any atom is 0.424 e. The molecule has 224 valence electrons. The molecule has 2 atom stereocenters. The highest BCUT2D eigenvalue weighted by Crippen LogP contribution is 2.47. The smallest absolute Gasteiger partial charge is 0.424 e. The van der Waals surface area contributed by atoms with Gasteiger partial charge in [-0.05, 0) is 62.2 Å². The summed E-state index contributed by atoms with van der Waals surface area (Å²) in [5.41, 5.74) is -1.08. The Morgan fingerprint density at radius 1 is 1.16 bits per heavy atom. The minimum Gasteiger partial charge on any atom is -0.489 e. The fourth-order valence-corrected chi connectivity index (χ4v) is 5.01. The number of ether oxygens (including phenoxy) is 1. The molecule has 2 aliphatic rings. The molecule has 1 unspecified atom stereocenters. The van der Waals surface area contributed by atoms with Gasteiger partial charge in [-0.3, -0.25) is 14.3 Å². The third kappa shape index (κ3) is 4.75. The molecule has 4 aromatic rings. The second-order valence-corrected chi connectivity index (χ2v) is 11.0. The Morgan fingerprint density at radius 2 is 1.86 bits per heavy atom. The van der Waals surface area contributed by atoms with Crippen molar-refractivity contribution in [2.45, 2.75) is 43.0 Å². The number of hydrogen-bond acceptors (Lipinski definition) is 6. The van der Waals surface area contributed by atoms with Crippen LogP contribution in [-0.4, -0.2) is 51.0 Å². The molecule has 0 bridgehead atoms. The van der Waals surface area contributed by atoms with Gasteiger partial charge in [-0.15, -0.1) is 0 Å². The van der Waals surface area contributed by atoms with Crippen LogP contribution in [0.3, 0.4) is 0 Å². The maximum absolute atomic E-state index is 14.8. The van der Waals surface area contributed by atoms with Crippen LogP contribution in [-0.2, 0) is 15.8 Å². The molecule has 0 spiro atoms. The van der Waals surface area contributed by atoms with Crippen molar-refractivity contribution in [2.75, 3.05) is 13.2 Å². The molecule has 0 saturated heterocycles. The summed E-state index contributed by atoms with van der Waals surface area (Å²) in [5.74, 6) is -3.47. The van der Waals surface area contributed by atoms with Gasteiger partial charge in [0.2, 0.25) is 11.5 Å². The number of alkyl halides is 3. The van der Waals surface area contributed by atoms with Crippen LogP contribution in [0.25, 0.3) is 22.2 Å². The summed E-state index contributed by atoms with van der Waals surface area (Å²) in [4.78, 5) is 29.4. The molecule has 2 aromatic heterocycles. The first-order valence-electron chi connectivity index (χ1n) is 13.2. The Balaban J connectivity index is 1.39. The molecule has 4 N–H and O–H groups in total. The molecule has 2 amide bonds. The largest absolute Gasteiger partial charge is 0.489 e. The number of aliphatic hydroxyl groups is 1. The predicted octanol–water partition coefficient (Wildman–Crippen LogP) is 4.03. The van der Waals surface area contributed by atoms with Crippen molar-refractivity contribution >= 4 is 22.7 Å². The lowest BCUT2D eigenvalue weighted by Crippen LogP contribution is -2.51. The maximum atomic E-state index is 14.8. The van der Waals surface area contributed by atoms with E-state index in [9.17, 15) is 36.6 Å². The average Bonchev–Trinajstić information content (AvgIpc) is 3.62. The van der Waals surface area contributed by atoms with Gasteiger partial charge in [-0.1, -0.05) is 0 Å². The number of rotatable bonds is 7. The van der Waals surface area contributed by atoms with Crippen LogP contribution in [0, 0.1) is 11.6 Å². The van der Waals surface area contributed by atoms with Gasteiger partial charge in [-0.2, -0.15) is 18.3 Å². The Kier molecular flexibility index (Phi) is 6.45. The Hall–Kier alpha value is -4.59. The number of aromatic nitrogens is 3. The zero-order valence-corrected chi connectivity index (χ0v) is 22.5. The van der Waals surface area contributed by atoms with E-state index in [4.69, 9.17) is 10.5 Å². The number of halogens is 5. The molecular weight excluding hydrogens is 577 g/mol. The molecule has 43 heavy (non-hydrogen) atoms. The highest BCUT2D eigenvalue weighted by atomic mass is 19.4. The van der Waals surface area contributed by atoms with E-state index in [-0.39, 0.29) is 51.7 Å². The van der Waals surface area contributed by atoms with Crippen molar-refractivity contribution in [1.82, 2.24) is 20.1 Å². The van der Waals surface area contributed by atoms with E-state index < -0.39 is 52.9 Å². The van der Waals surface area contributed by atoms with Crippen molar-refractivity contribution in [1.29, 1.82) is 0 Å². The minimum absolute atomic E-state index is 0.0559. The van der Waals surface area contributed by atoms with E-state index in [2.05, 4.69) is 10.1 Å². The molecule has 6 rings (SSSR count). The summed E-state index contributed by atoms with van der Waals surface area (Å²) >= 11 is 0. The lowest BCUT2D eigenvalue weighted by molar-refractivity contribution is -0.265. The Morgan fingerprint density at radius 3 is 2.49 bits per heavy atom. The van der Waals surface area contributed by atoms with Crippen molar-refractivity contribution in [2.24, 2.45) is 5.73 Å². The first-order valence-corrected chi connectivity index (χ1v) is 13.2. The lowest BCUT2D eigenvalue weighted by atomic mass is 9.81. The van der Waals surface area contributed by atoms with E-state index >= 15 is 0 Å². The van der Waals surface area contributed by atoms with Gasteiger partial charge in [0, 0.05) is 22.9 Å². The first-order chi connectivity index (χ1) is 20.2. The number of primary amides is 1. The quantitative estimate of drug-likeness (QED) is 0.274. The molecule has 1 fully saturated rings. The molecule has 9 nitrogen and oxygen atoms in total. The van der Waals surface area contributed by atoms with Gasteiger partial charge >= 0.3 is 6.18 Å². The molecule has 1 saturated carbocycles. The molecule has 14 heteroatoms. The van der Waals surface area contributed by atoms with E-state index in [1.807, 2.05) is 5.32 Å². The summed E-state index contributed by atoms with van der Waals surface area (Å²) < 4.78 is 79.4. The number of carbonyl (C=O) groups is 2. The number of nitrogens with zero attached hydrogens (tertiary/aromatic N) is 3. The normalized spacial score (nSPS) is 19.5. The highest BCUT2D eigenvalue weighted by Gasteiger charge is 2.57. The van der Waals surface area contributed by atoms with E-state index in [1.165, 1.54) is 31.3 Å². The van der Waals surface area contributed by atoms with E-state index in [0.29, 0.717) is 0 Å². The predicted molar refractivity (Wildman–Crippen MR) is 142 cm³/mol. The minimum atomic E-state index is -5.40. The van der Waals surface area contributed by atoms with Gasteiger partial charge in [0.1, 0.15) is 35.1 Å². The van der Waals surface area contributed by atoms with Crippen molar-refractivity contribution < 1.29 is 41.4 Å². The third-order valence-corrected chi connectivity index (χ3v) is 7.91. The Labute approximate surface area is 240 Å². The first kappa shape index (κ1) is 28.5. The van der Waals surface area contributed by atoms with Crippen LogP contribution < -0.4 is 15.8 Å². The topological polar surface area (TPSA) is 132 Å². The summed E-state index contributed by atoms with van der Waals surface area (Å²) in [7, 11) is 0. The van der Waals surface area contributed by atoms with Gasteiger partial charge in [0.15, 0.2) is 0 Å². The Bertz CT molecular complexity index is 1790. The van der Waals surface area contributed by atoms with Crippen LogP contribution >= 0.6 is 0 Å². The van der Waals surface area contributed by atoms with Gasteiger partial charge in [-0.25, -0.2) is 13.8 Å². The average molecular weight is 602 g/mol. The van der Waals surface area contributed by atoms with Crippen LogP contribution in [0.1, 0.15) is 47.4 Å². The van der Waals surface area contributed by atoms with Crippen molar-refractivity contribution in [3.8, 4) is 17.0 Å². The standard InChI is InChI=1S/C29H24F5N5O4/c1-27(26(35)41)13-43-24-19(27)10-22(37-23(24)14-2-4-16(30)5-3-14)28(42,29(32,33)34)12-36-25(40)15-8-20(31)18-11-39(17-6-7-17)38-21(18)9-15/h2-5,8-11,17,42H,6-7,12-13H2,1H3,(H2,35,41)(H,36,40)/t27-,28?/m0/s1. The summed E-state index contributed by atoms with van der Waals surface area (Å²) in [5, 5.41) is 17.6. The van der Waals surface area contributed by atoms with Gasteiger partial charge < -0.3 is 20.9 Å². The fraction of sp³-hybridized carbons (Fsp3) is 0.310. The van der Waals surface area contributed by atoms with E-state index in [1.54, 1.807) is 4.68 Å². The van der Waals surface area contributed by atoms with Crippen LogP contribution in [0.4, 0.5) is 22.0 Å². The second kappa shape index (κ2) is 9.73. The monoisotopic (exact) mass is 601 g/mol. The summed E-state index contributed by atoms with van der Waals surface area (Å²) in [6.45, 7) is -0.375. The summed E-state index contributed by atoms with van der Waals surface area (Å²) in [6.07, 6.45) is -2.14. The number of nitrogens with two attached hydrogens (primary N) is 1. The molecule has 2 aromatic carbocycles. The van der Waals surface area contributed by atoms with Gasteiger partial charge in [0.25, 0.3) is 5.91 Å². The summed E-state index contributed by atoms with van der Waals surface area (Å²) in [6, 6.07) is 7.71. The number of pyridine rings is 1.